The van der Waals surface area contributed by atoms with E-state index in [1.54, 1.807) is 24.0 Å². The summed E-state index contributed by atoms with van der Waals surface area (Å²) >= 11 is 0. The van der Waals surface area contributed by atoms with Crippen molar-refractivity contribution in [1.82, 2.24) is 9.80 Å². The van der Waals surface area contributed by atoms with Crippen LogP contribution in [0, 0.1) is 11.3 Å². The molecule has 2 aromatic carbocycles. The SMILES string of the molecule is COc1ccc(CN2C(=O)[C@H](CC(C)(C)C)N(Cc3ccc(OC)cc3)C(=O)[C@@H]2C(C)C)cc1. The van der Waals surface area contributed by atoms with Crippen molar-refractivity contribution in [2.45, 2.75) is 66.2 Å². The van der Waals surface area contributed by atoms with E-state index in [2.05, 4.69) is 20.8 Å². The van der Waals surface area contributed by atoms with E-state index in [-0.39, 0.29) is 23.1 Å². The van der Waals surface area contributed by atoms with Crippen molar-refractivity contribution < 1.29 is 19.1 Å². The summed E-state index contributed by atoms with van der Waals surface area (Å²) in [7, 11) is 3.26. The number of piperazine rings is 1. The molecule has 2 aromatic rings. The second kappa shape index (κ2) is 10.5. The number of carbonyl (C=O) groups excluding carboxylic acids is 2. The number of hydrogen-bond acceptors (Lipinski definition) is 4. The molecule has 1 saturated heterocycles. The van der Waals surface area contributed by atoms with Gasteiger partial charge in [0.2, 0.25) is 11.8 Å². The van der Waals surface area contributed by atoms with Crippen molar-refractivity contribution in [1.29, 1.82) is 0 Å². The molecule has 0 bridgehead atoms. The Bertz CT molecular complexity index is 977. The second-order valence-corrected chi connectivity index (χ2v) is 10.6. The van der Waals surface area contributed by atoms with Gasteiger partial charge in [0, 0.05) is 13.1 Å². The van der Waals surface area contributed by atoms with Crippen LogP contribution in [0.25, 0.3) is 0 Å². The molecule has 34 heavy (non-hydrogen) atoms. The summed E-state index contributed by atoms with van der Waals surface area (Å²) in [6.07, 6.45) is 0.595. The Morgan fingerprint density at radius 1 is 0.765 bits per heavy atom. The van der Waals surface area contributed by atoms with Crippen LogP contribution >= 0.6 is 0 Å². The molecule has 0 aliphatic carbocycles. The molecule has 0 N–H and O–H groups in total. The Labute approximate surface area is 203 Å². The first-order valence-electron chi connectivity index (χ1n) is 11.9. The maximum absolute atomic E-state index is 14.0. The number of benzene rings is 2. The molecule has 6 heteroatoms. The maximum atomic E-state index is 14.0. The van der Waals surface area contributed by atoms with Crippen molar-refractivity contribution in [3.05, 3.63) is 59.7 Å². The van der Waals surface area contributed by atoms with Gasteiger partial charge in [-0.2, -0.15) is 0 Å². The van der Waals surface area contributed by atoms with Gasteiger partial charge in [0.15, 0.2) is 0 Å². The molecular formula is C28H38N2O4. The van der Waals surface area contributed by atoms with E-state index in [1.807, 2.05) is 62.4 Å². The van der Waals surface area contributed by atoms with E-state index in [0.29, 0.717) is 19.5 Å². The van der Waals surface area contributed by atoms with E-state index in [4.69, 9.17) is 9.47 Å². The van der Waals surface area contributed by atoms with Crippen LogP contribution in [-0.4, -0.2) is 47.9 Å². The molecule has 0 saturated carbocycles. The zero-order valence-corrected chi connectivity index (χ0v) is 21.5. The Balaban J connectivity index is 1.96. The lowest BCUT2D eigenvalue weighted by atomic mass is 9.84. The molecule has 1 aliphatic heterocycles. The second-order valence-electron chi connectivity index (χ2n) is 10.6. The number of amides is 2. The molecule has 2 amide bonds. The molecule has 0 unspecified atom stereocenters. The van der Waals surface area contributed by atoms with Crippen LogP contribution < -0.4 is 9.47 Å². The third-order valence-corrected chi connectivity index (χ3v) is 6.28. The molecule has 1 fully saturated rings. The molecule has 1 aliphatic rings. The van der Waals surface area contributed by atoms with Crippen molar-refractivity contribution in [2.24, 2.45) is 11.3 Å². The highest BCUT2D eigenvalue weighted by Crippen LogP contribution is 2.33. The van der Waals surface area contributed by atoms with Crippen LogP contribution in [-0.2, 0) is 22.7 Å². The van der Waals surface area contributed by atoms with Crippen LogP contribution in [0.3, 0.4) is 0 Å². The summed E-state index contributed by atoms with van der Waals surface area (Å²) in [5.74, 6) is 1.54. The Morgan fingerprint density at radius 2 is 1.21 bits per heavy atom. The summed E-state index contributed by atoms with van der Waals surface area (Å²) in [6, 6.07) is 14.4. The van der Waals surface area contributed by atoms with E-state index in [1.165, 1.54) is 0 Å². The summed E-state index contributed by atoms with van der Waals surface area (Å²) in [5.41, 5.74) is 1.84. The Morgan fingerprint density at radius 3 is 1.59 bits per heavy atom. The minimum Gasteiger partial charge on any atom is -0.497 e. The zero-order valence-electron chi connectivity index (χ0n) is 21.5. The van der Waals surface area contributed by atoms with E-state index in [9.17, 15) is 9.59 Å². The van der Waals surface area contributed by atoms with Crippen LogP contribution in [0.4, 0.5) is 0 Å². The highest BCUT2D eigenvalue weighted by Gasteiger charge is 2.47. The Kier molecular flexibility index (Phi) is 7.90. The van der Waals surface area contributed by atoms with Crippen molar-refractivity contribution in [2.75, 3.05) is 14.2 Å². The molecule has 184 valence electrons. The van der Waals surface area contributed by atoms with Gasteiger partial charge in [-0.05, 0) is 53.1 Å². The van der Waals surface area contributed by atoms with Gasteiger partial charge >= 0.3 is 0 Å². The molecule has 0 radical (unpaired) electrons. The average molecular weight is 467 g/mol. The van der Waals surface area contributed by atoms with Crippen molar-refractivity contribution in [3.8, 4) is 11.5 Å². The molecule has 6 nitrogen and oxygen atoms in total. The van der Waals surface area contributed by atoms with E-state index in [0.717, 1.165) is 22.6 Å². The number of carbonyl (C=O) groups is 2. The fourth-order valence-electron chi connectivity index (χ4n) is 4.56. The number of ether oxygens (including phenoxy) is 2. The third-order valence-electron chi connectivity index (χ3n) is 6.28. The molecule has 0 aromatic heterocycles. The minimum atomic E-state index is -0.511. The average Bonchev–Trinajstić information content (AvgIpc) is 2.79. The highest BCUT2D eigenvalue weighted by atomic mass is 16.5. The lowest BCUT2D eigenvalue weighted by molar-refractivity contribution is -0.166. The fraction of sp³-hybridized carbons (Fsp3) is 0.500. The van der Waals surface area contributed by atoms with Crippen LogP contribution in [0.5, 0.6) is 11.5 Å². The van der Waals surface area contributed by atoms with Gasteiger partial charge in [0.25, 0.3) is 0 Å². The van der Waals surface area contributed by atoms with Gasteiger partial charge in [-0.3, -0.25) is 9.59 Å². The number of rotatable bonds is 8. The first-order chi connectivity index (χ1) is 16.0. The monoisotopic (exact) mass is 466 g/mol. The predicted octanol–water partition coefficient (Wildman–Crippen LogP) is 4.90. The standard InChI is InChI=1S/C28H38N2O4/c1-19(2)25-27(32)29(17-20-8-12-22(33-6)13-9-20)24(16-28(3,4)5)26(31)30(25)18-21-10-14-23(34-7)15-11-21/h8-15,19,24-25H,16-18H2,1-7H3/t24-,25-/m0/s1. The lowest BCUT2D eigenvalue weighted by Crippen LogP contribution is -2.65. The third kappa shape index (κ3) is 5.91. The fourth-order valence-corrected chi connectivity index (χ4v) is 4.56. The normalized spacial score (nSPS) is 19.1. The van der Waals surface area contributed by atoms with Crippen molar-refractivity contribution in [3.63, 3.8) is 0 Å². The van der Waals surface area contributed by atoms with Gasteiger partial charge in [-0.25, -0.2) is 0 Å². The van der Waals surface area contributed by atoms with Gasteiger partial charge < -0.3 is 19.3 Å². The van der Waals surface area contributed by atoms with Crippen LogP contribution in [0.1, 0.15) is 52.2 Å². The highest BCUT2D eigenvalue weighted by molar-refractivity contribution is 5.97. The molecule has 3 rings (SSSR count). The molecular weight excluding hydrogens is 428 g/mol. The number of hydrogen-bond donors (Lipinski definition) is 0. The quantitative estimate of drug-likeness (QED) is 0.555. The first kappa shape index (κ1) is 25.6. The van der Waals surface area contributed by atoms with Gasteiger partial charge in [-0.1, -0.05) is 58.9 Å². The molecule has 2 atom stereocenters. The first-order valence-corrected chi connectivity index (χ1v) is 11.9. The van der Waals surface area contributed by atoms with Crippen molar-refractivity contribution >= 4 is 11.8 Å². The minimum absolute atomic E-state index is 0.00757. The smallest absolute Gasteiger partial charge is 0.246 e. The molecule has 1 heterocycles. The van der Waals surface area contributed by atoms with Crippen LogP contribution in [0.15, 0.2) is 48.5 Å². The van der Waals surface area contributed by atoms with E-state index < -0.39 is 12.1 Å². The topological polar surface area (TPSA) is 59.1 Å². The summed E-state index contributed by atoms with van der Waals surface area (Å²) in [4.78, 5) is 31.5. The summed E-state index contributed by atoms with van der Waals surface area (Å²) < 4.78 is 10.5. The summed E-state index contributed by atoms with van der Waals surface area (Å²) in [6.45, 7) is 11.1. The van der Waals surface area contributed by atoms with Gasteiger partial charge in [-0.15, -0.1) is 0 Å². The molecule has 0 spiro atoms. The van der Waals surface area contributed by atoms with Gasteiger partial charge in [0.1, 0.15) is 23.6 Å². The van der Waals surface area contributed by atoms with Gasteiger partial charge in [0.05, 0.1) is 14.2 Å². The largest absolute Gasteiger partial charge is 0.497 e. The Hall–Kier alpha value is -3.02. The maximum Gasteiger partial charge on any atom is 0.246 e. The van der Waals surface area contributed by atoms with E-state index >= 15 is 0 Å². The predicted molar refractivity (Wildman–Crippen MR) is 134 cm³/mol. The number of nitrogens with zero attached hydrogens (tertiary/aromatic N) is 2. The van der Waals surface area contributed by atoms with Crippen LogP contribution in [0.2, 0.25) is 0 Å². The lowest BCUT2D eigenvalue weighted by Gasteiger charge is -2.48. The number of methoxy groups -OCH3 is 2. The summed E-state index contributed by atoms with van der Waals surface area (Å²) in [5, 5.41) is 0. The zero-order chi connectivity index (χ0) is 25.0.